The van der Waals surface area contributed by atoms with Gasteiger partial charge in [0, 0.05) is 23.5 Å². The van der Waals surface area contributed by atoms with Crippen LogP contribution in [0.2, 0.25) is 0 Å². The molecule has 0 aromatic heterocycles. The van der Waals surface area contributed by atoms with Gasteiger partial charge in [0.15, 0.2) is 0 Å². The molecule has 0 bridgehead atoms. The van der Waals surface area contributed by atoms with E-state index in [2.05, 4.69) is 86.9 Å². The first-order chi connectivity index (χ1) is 13.5. The van der Waals surface area contributed by atoms with Gasteiger partial charge in [-0.2, -0.15) is 0 Å². The van der Waals surface area contributed by atoms with Crippen molar-refractivity contribution < 1.29 is 4.74 Å². The molecule has 1 heterocycles. The first-order valence-corrected chi connectivity index (χ1v) is 10.9. The lowest BCUT2D eigenvalue weighted by Gasteiger charge is -2.30. The van der Waals surface area contributed by atoms with E-state index in [-0.39, 0.29) is 5.54 Å². The molecule has 0 aliphatic carbocycles. The molecule has 2 aromatic rings. The van der Waals surface area contributed by atoms with Crippen LogP contribution in [0.4, 0.5) is 11.4 Å². The molecule has 3 heteroatoms. The maximum Gasteiger partial charge on any atom is 0.0863 e. The number of hydrogen-bond donors (Lipinski definition) is 2. The zero-order valence-corrected chi connectivity index (χ0v) is 17.9. The Balaban J connectivity index is 1.55. The summed E-state index contributed by atoms with van der Waals surface area (Å²) in [6, 6.07) is 17.7. The molecule has 3 nitrogen and oxygen atoms in total. The SMILES string of the molecule is CCCNc1ccc(Cc2ccc(NC(C)(CC)CC3OC3CC)cc2)cc1. The highest BCUT2D eigenvalue weighted by Gasteiger charge is 2.41. The molecular weight excluding hydrogens is 344 g/mol. The van der Waals surface area contributed by atoms with Gasteiger partial charge in [-0.25, -0.2) is 0 Å². The Morgan fingerprint density at radius 3 is 1.96 bits per heavy atom. The second-order valence-electron chi connectivity index (χ2n) is 8.36. The number of ether oxygens (including phenoxy) is 1. The Kier molecular flexibility index (Phi) is 7.01. The van der Waals surface area contributed by atoms with Crippen molar-refractivity contribution in [2.45, 2.75) is 77.5 Å². The van der Waals surface area contributed by atoms with E-state index in [1.54, 1.807) is 0 Å². The average molecular weight is 381 g/mol. The van der Waals surface area contributed by atoms with Crippen LogP contribution >= 0.6 is 0 Å². The molecule has 3 rings (SSSR count). The van der Waals surface area contributed by atoms with Crippen molar-refractivity contribution in [2.24, 2.45) is 0 Å². The van der Waals surface area contributed by atoms with Crippen LogP contribution in [0.15, 0.2) is 48.5 Å². The fraction of sp³-hybridized carbons (Fsp3) is 0.520. The fourth-order valence-electron chi connectivity index (χ4n) is 3.75. The first-order valence-electron chi connectivity index (χ1n) is 10.9. The van der Waals surface area contributed by atoms with Gasteiger partial charge in [-0.3, -0.25) is 0 Å². The number of anilines is 2. The largest absolute Gasteiger partial charge is 0.385 e. The Bertz CT molecular complexity index is 725. The summed E-state index contributed by atoms with van der Waals surface area (Å²) in [4.78, 5) is 0. The molecular formula is C25H36N2O. The van der Waals surface area contributed by atoms with Gasteiger partial charge in [-0.05, 0) is 74.4 Å². The molecule has 3 atom stereocenters. The van der Waals surface area contributed by atoms with Crippen LogP contribution in [-0.4, -0.2) is 24.3 Å². The van der Waals surface area contributed by atoms with Crippen LogP contribution in [-0.2, 0) is 11.2 Å². The summed E-state index contributed by atoms with van der Waals surface area (Å²) in [6.45, 7) is 9.98. The van der Waals surface area contributed by atoms with Crippen LogP contribution in [0.25, 0.3) is 0 Å². The number of rotatable bonds is 11. The quantitative estimate of drug-likeness (QED) is 0.453. The van der Waals surface area contributed by atoms with E-state index in [1.807, 2.05) is 0 Å². The predicted octanol–water partition coefficient (Wildman–Crippen LogP) is 6.25. The molecule has 0 saturated carbocycles. The van der Waals surface area contributed by atoms with Crippen molar-refractivity contribution in [3.8, 4) is 0 Å². The second-order valence-corrected chi connectivity index (χ2v) is 8.36. The smallest absolute Gasteiger partial charge is 0.0863 e. The van der Waals surface area contributed by atoms with Crippen LogP contribution < -0.4 is 10.6 Å². The predicted molar refractivity (Wildman–Crippen MR) is 120 cm³/mol. The molecule has 28 heavy (non-hydrogen) atoms. The van der Waals surface area contributed by atoms with E-state index in [1.165, 1.54) is 22.5 Å². The fourth-order valence-corrected chi connectivity index (χ4v) is 3.75. The van der Waals surface area contributed by atoms with E-state index >= 15 is 0 Å². The van der Waals surface area contributed by atoms with E-state index in [9.17, 15) is 0 Å². The van der Waals surface area contributed by atoms with Gasteiger partial charge in [-0.15, -0.1) is 0 Å². The van der Waals surface area contributed by atoms with Crippen LogP contribution in [0.5, 0.6) is 0 Å². The van der Waals surface area contributed by atoms with E-state index in [4.69, 9.17) is 4.74 Å². The highest BCUT2D eigenvalue weighted by molar-refractivity contribution is 5.49. The standard InChI is InChI=1S/C25H36N2O/c1-5-16-26-21-12-8-19(9-13-21)17-20-10-14-22(15-11-20)27-25(4,7-3)18-24-23(6-2)28-24/h8-15,23-24,26-27H,5-7,16-18H2,1-4H3. The molecule has 3 unspecified atom stereocenters. The first kappa shape index (κ1) is 20.7. The van der Waals surface area contributed by atoms with Crippen molar-refractivity contribution in [3.63, 3.8) is 0 Å². The van der Waals surface area contributed by atoms with Crippen molar-refractivity contribution in [2.75, 3.05) is 17.2 Å². The third-order valence-corrected chi connectivity index (χ3v) is 5.86. The lowest BCUT2D eigenvalue weighted by Crippen LogP contribution is -2.35. The van der Waals surface area contributed by atoms with Gasteiger partial charge in [-0.1, -0.05) is 45.0 Å². The zero-order valence-electron chi connectivity index (χ0n) is 17.9. The van der Waals surface area contributed by atoms with Crippen molar-refractivity contribution >= 4 is 11.4 Å². The molecule has 1 fully saturated rings. The molecule has 0 spiro atoms. The number of epoxide rings is 1. The number of hydrogen-bond acceptors (Lipinski definition) is 3. The topological polar surface area (TPSA) is 36.6 Å². The Hall–Kier alpha value is -2.00. The number of nitrogens with one attached hydrogen (secondary N) is 2. The monoisotopic (exact) mass is 380 g/mol. The Labute approximate surface area is 170 Å². The summed E-state index contributed by atoms with van der Waals surface area (Å²) in [6.07, 6.45) is 6.29. The molecule has 1 aliphatic rings. The maximum absolute atomic E-state index is 5.77. The highest BCUT2D eigenvalue weighted by atomic mass is 16.6. The summed E-state index contributed by atoms with van der Waals surface area (Å²) in [5.74, 6) is 0. The van der Waals surface area contributed by atoms with Gasteiger partial charge in [0.2, 0.25) is 0 Å². The van der Waals surface area contributed by atoms with Crippen LogP contribution in [0, 0.1) is 0 Å². The molecule has 152 valence electrons. The van der Waals surface area contributed by atoms with Crippen molar-refractivity contribution in [1.29, 1.82) is 0 Å². The summed E-state index contributed by atoms with van der Waals surface area (Å²) in [7, 11) is 0. The normalized spacial score (nSPS) is 20.4. The summed E-state index contributed by atoms with van der Waals surface area (Å²) in [5.41, 5.74) is 5.17. The van der Waals surface area contributed by atoms with Crippen LogP contribution in [0.1, 0.15) is 64.5 Å². The average Bonchev–Trinajstić information content (AvgIpc) is 3.46. The maximum atomic E-state index is 5.77. The van der Waals surface area contributed by atoms with Crippen molar-refractivity contribution in [1.82, 2.24) is 0 Å². The van der Waals surface area contributed by atoms with E-state index < -0.39 is 0 Å². The molecule has 0 radical (unpaired) electrons. The van der Waals surface area contributed by atoms with Crippen LogP contribution in [0.3, 0.4) is 0 Å². The van der Waals surface area contributed by atoms with Gasteiger partial charge in [0.05, 0.1) is 12.2 Å². The third-order valence-electron chi connectivity index (χ3n) is 5.86. The summed E-state index contributed by atoms with van der Waals surface area (Å²) < 4.78 is 5.77. The van der Waals surface area contributed by atoms with E-state index in [0.717, 1.165) is 38.6 Å². The zero-order chi connectivity index (χ0) is 20.0. The minimum Gasteiger partial charge on any atom is -0.385 e. The minimum atomic E-state index is 0.0808. The van der Waals surface area contributed by atoms with Gasteiger partial charge < -0.3 is 15.4 Å². The highest BCUT2D eigenvalue weighted by Crippen LogP contribution is 2.35. The molecule has 1 aliphatic heterocycles. The second kappa shape index (κ2) is 9.47. The molecule has 1 saturated heterocycles. The number of benzene rings is 2. The Morgan fingerprint density at radius 1 is 0.857 bits per heavy atom. The van der Waals surface area contributed by atoms with Gasteiger partial charge in [0.25, 0.3) is 0 Å². The van der Waals surface area contributed by atoms with Crippen molar-refractivity contribution in [3.05, 3.63) is 59.7 Å². The molecule has 2 aromatic carbocycles. The van der Waals surface area contributed by atoms with E-state index in [0.29, 0.717) is 12.2 Å². The molecule has 0 amide bonds. The summed E-state index contributed by atoms with van der Waals surface area (Å²) >= 11 is 0. The lowest BCUT2D eigenvalue weighted by atomic mass is 9.91. The summed E-state index contributed by atoms with van der Waals surface area (Å²) in [5, 5.41) is 7.18. The Morgan fingerprint density at radius 2 is 1.46 bits per heavy atom. The molecule has 2 N–H and O–H groups in total. The van der Waals surface area contributed by atoms with Gasteiger partial charge in [0.1, 0.15) is 0 Å². The van der Waals surface area contributed by atoms with Gasteiger partial charge >= 0.3 is 0 Å². The lowest BCUT2D eigenvalue weighted by molar-refractivity contribution is 0.326. The third kappa shape index (κ3) is 5.75. The minimum absolute atomic E-state index is 0.0808.